The summed E-state index contributed by atoms with van der Waals surface area (Å²) in [5.41, 5.74) is 1.20. The van der Waals surface area contributed by atoms with Crippen LogP contribution in [0.5, 0.6) is 5.75 Å². The third-order valence-electron chi connectivity index (χ3n) is 4.16. The highest BCUT2D eigenvalue weighted by Gasteiger charge is 2.20. The summed E-state index contributed by atoms with van der Waals surface area (Å²) in [6, 6.07) is 8.16. The summed E-state index contributed by atoms with van der Waals surface area (Å²) >= 11 is 0. The van der Waals surface area contributed by atoms with Crippen molar-refractivity contribution in [3.63, 3.8) is 0 Å². The first-order valence-electron chi connectivity index (χ1n) is 8.36. The van der Waals surface area contributed by atoms with Crippen LogP contribution in [-0.2, 0) is 4.74 Å². The monoisotopic (exact) mass is 344 g/mol. The lowest BCUT2D eigenvalue weighted by Crippen LogP contribution is -2.47. The summed E-state index contributed by atoms with van der Waals surface area (Å²) in [4.78, 5) is 9.05. The number of hydrogen-bond donors (Lipinski definition) is 1. The second-order valence-corrected chi connectivity index (χ2v) is 5.73. The van der Waals surface area contributed by atoms with E-state index in [0.29, 0.717) is 19.1 Å². The highest BCUT2D eigenvalue weighted by Crippen LogP contribution is 2.21. The van der Waals surface area contributed by atoms with Gasteiger partial charge in [-0.15, -0.1) is 5.10 Å². The van der Waals surface area contributed by atoms with Crippen LogP contribution in [-0.4, -0.2) is 68.7 Å². The fourth-order valence-corrected chi connectivity index (χ4v) is 2.75. The molecule has 8 heteroatoms. The number of piperazine rings is 1. The zero-order chi connectivity index (χ0) is 17.5. The van der Waals surface area contributed by atoms with Gasteiger partial charge in [-0.05, 0) is 24.3 Å². The molecule has 1 N–H and O–H groups in total. The summed E-state index contributed by atoms with van der Waals surface area (Å²) in [6.45, 7) is 4.86. The first-order chi connectivity index (χ1) is 12.3. The van der Waals surface area contributed by atoms with E-state index in [0.717, 1.165) is 37.7 Å². The zero-order valence-electron chi connectivity index (χ0n) is 14.7. The molecule has 2 heterocycles. The predicted octanol–water partition coefficient (Wildman–Crippen LogP) is 1.27. The van der Waals surface area contributed by atoms with E-state index in [4.69, 9.17) is 9.47 Å². The fraction of sp³-hybridized carbons (Fsp3) is 0.471. The SMILES string of the molecule is COCCNc1cnnc(N2CCN(c3ccc(OC)cc3)CC2)n1. The standard InChI is InChI=1S/C17H24N6O2/c1-24-12-7-18-16-13-19-21-17(20-16)23-10-8-22(9-11-23)14-3-5-15(25-2)6-4-14/h3-6,13H,7-12H2,1-2H3,(H,18,20,21). The summed E-state index contributed by atoms with van der Waals surface area (Å²) in [7, 11) is 3.35. The lowest BCUT2D eigenvalue weighted by Gasteiger charge is -2.36. The van der Waals surface area contributed by atoms with Crippen LogP contribution in [0.1, 0.15) is 0 Å². The van der Waals surface area contributed by atoms with E-state index in [2.05, 4.69) is 42.4 Å². The number of aromatic nitrogens is 3. The molecule has 0 bridgehead atoms. The van der Waals surface area contributed by atoms with Gasteiger partial charge in [0.1, 0.15) is 5.75 Å². The smallest absolute Gasteiger partial charge is 0.247 e. The molecule has 1 aliphatic heterocycles. The largest absolute Gasteiger partial charge is 0.497 e. The Balaban J connectivity index is 1.57. The van der Waals surface area contributed by atoms with Crippen molar-refractivity contribution in [3.05, 3.63) is 30.5 Å². The number of methoxy groups -OCH3 is 2. The molecule has 1 aromatic heterocycles. The number of hydrogen-bond acceptors (Lipinski definition) is 8. The van der Waals surface area contributed by atoms with E-state index in [9.17, 15) is 0 Å². The van der Waals surface area contributed by atoms with E-state index in [1.165, 1.54) is 5.69 Å². The van der Waals surface area contributed by atoms with Crippen LogP contribution in [0.25, 0.3) is 0 Å². The van der Waals surface area contributed by atoms with E-state index in [1.54, 1.807) is 20.4 Å². The van der Waals surface area contributed by atoms with E-state index in [1.807, 2.05) is 12.1 Å². The highest BCUT2D eigenvalue weighted by atomic mass is 16.5. The Labute approximate surface area is 147 Å². The predicted molar refractivity (Wildman–Crippen MR) is 97.6 cm³/mol. The molecular weight excluding hydrogens is 320 g/mol. The van der Waals surface area contributed by atoms with Crippen molar-refractivity contribution in [3.8, 4) is 5.75 Å². The summed E-state index contributed by atoms with van der Waals surface area (Å²) in [6.07, 6.45) is 1.63. The number of anilines is 3. The molecule has 1 aliphatic rings. The molecular formula is C17H24N6O2. The van der Waals surface area contributed by atoms with Gasteiger partial charge < -0.3 is 24.6 Å². The highest BCUT2D eigenvalue weighted by molar-refractivity contribution is 5.51. The molecule has 0 saturated carbocycles. The van der Waals surface area contributed by atoms with Crippen LogP contribution >= 0.6 is 0 Å². The van der Waals surface area contributed by atoms with Crippen LogP contribution in [0.4, 0.5) is 17.5 Å². The number of nitrogens with zero attached hydrogens (tertiary/aromatic N) is 5. The molecule has 0 radical (unpaired) electrons. The number of nitrogens with one attached hydrogen (secondary N) is 1. The molecule has 1 saturated heterocycles. The first kappa shape index (κ1) is 17.2. The van der Waals surface area contributed by atoms with Crippen molar-refractivity contribution in [2.75, 3.05) is 68.7 Å². The van der Waals surface area contributed by atoms with Gasteiger partial charge in [0.25, 0.3) is 0 Å². The Morgan fingerprint density at radius 2 is 1.76 bits per heavy atom. The van der Waals surface area contributed by atoms with E-state index < -0.39 is 0 Å². The number of benzene rings is 1. The molecule has 3 rings (SSSR count). The van der Waals surface area contributed by atoms with Crippen molar-refractivity contribution in [1.82, 2.24) is 15.2 Å². The normalized spacial score (nSPS) is 14.5. The molecule has 0 atom stereocenters. The van der Waals surface area contributed by atoms with Crippen molar-refractivity contribution in [2.24, 2.45) is 0 Å². The minimum Gasteiger partial charge on any atom is -0.497 e. The lowest BCUT2D eigenvalue weighted by molar-refractivity contribution is 0.210. The van der Waals surface area contributed by atoms with Gasteiger partial charge in [0.2, 0.25) is 5.95 Å². The Morgan fingerprint density at radius 3 is 2.44 bits per heavy atom. The van der Waals surface area contributed by atoms with Crippen molar-refractivity contribution < 1.29 is 9.47 Å². The van der Waals surface area contributed by atoms with Crippen LogP contribution < -0.4 is 19.9 Å². The van der Waals surface area contributed by atoms with Gasteiger partial charge >= 0.3 is 0 Å². The number of ether oxygens (including phenoxy) is 2. The van der Waals surface area contributed by atoms with Gasteiger partial charge in [0.15, 0.2) is 5.82 Å². The Hall–Kier alpha value is -2.61. The minimum absolute atomic E-state index is 0.625. The molecule has 0 amide bonds. The second kappa shape index (κ2) is 8.48. The van der Waals surface area contributed by atoms with E-state index in [-0.39, 0.29) is 0 Å². The zero-order valence-corrected chi connectivity index (χ0v) is 14.7. The van der Waals surface area contributed by atoms with Gasteiger partial charge in [-0.25, -0.2) is 0 Å². The maximum Gasteiger partial charge on any atom is 0.247 e. The molecule has 0 aliphatic carbocycles. The van der Waals surface area contributed by atoms with Crippen molar-refractivity contribution >= 4 is 17.5 Å². The van der Waals surface area contributed by atoms with Gasteiger partial charge in [0, 0.05) is 45.5 Å². The fourth-order valence-electron chi connectivity index (χ4n) is 2.75. The quantitative estimate of drug-likeness (QED) is 0.753. The first-order valence-corrected chi connectivity index (χ1v) is 8.36. The Morgan fingerprint density at radius 1 is 1.04 bits per heavy atom. The second-order valence-electron chi connectivity index (χ2n) is 5.73. The maximum atomic E-state index is 5.21. The van der Waals surface area contributed by atoms with Gasteiger partial charge in [-0.1, -0.05) is 0 Å². The lowest BCUT2D eigenvalue weighted by atomic mass is 10.2. The molecule has 8 nitrogen and oxygen atoms in total. The molecule has 25 heavy (non-hydrogen) atoms. The summed E-state index contributed by atoms with van der Waals surface area (Å²) < 4.78 is 10.2. The average molecular weight is 344 g/mol. The van der Waals surface area contributed by atoms with Crippen molar-refractivity contribution in [2.45, 2.75) is 0 Å². The molecule has 1 fully saturated rings. The van der Waals surface area contributed by atoms with Crippen LogP contribution in [0.3, 0.4) is 0 Å². The van der Waals surface area contributed by atoms with Gasteiger partial charge in [0.05, 0.1) is 19.9 Å². The molecule has 2 aromatic rings. The molecule has 134 valence electrons. The Bertz CT molecular complexity index is 658. The van der Waals surface area contributed by atoms with Crippen LogP contribution in [0.2, 0.25) is 0 Å². The maximum absolute atomic E-state index is 5.21. The molecule has 0 spiro atoms. The summed E-state index contributed by atoms with van der Waals surface area (Å²) in [5, 5.41) is 11.4. The van der Waals surface area contributed by atoms with Gasteiger partial charge in [-0.3, -0.25) is 0 Å². The van der Waals surface area contributed by atoms with Gasteiger partial charge in [-0.2, -0.15) is 10.1 Å². The Kier molecular flexibility index (Phi) is 5.84. The van der Waals surface area contributed by atoms with Crippen molar-refractivity contribution in [1.29, 1.82) is 0 Å². The summed E-state index contributed by atoms with van der Waals surface area (Å²) in [5.74, 6) is 2.26. The third kappa shape index (κ3) is 4.48. The van der Waals surface area contributed by atoms with E-state index >= 15 is 0 Å². The number of rotatable bonds is 7. The molecule has 1 aromatic carbocycles. The third-order valence-corrected chi connectivity index (χ3v) is 4.16. The molecule has 0 unspecified atom stereocenters. The average Bonchev–Trinajstić information content (AvgIpc) is 2.69. The van der Waals surface area contributed by atoms with Crippen LogP contribution in [0, 0.1) is 0 Å². The van der Waals surface area contributed by atoms with Crippen LogP contribution in [0.15, 0.2) is 30.5 Å². The minimum atomic E-state index is 0.625. The topological polar surface area (TPSA) is 75.6 Å².